The SMILES string of the molecule is NCc1ccc(Cl)cc1Oc1ccc2nnnn2n1. The Balaban J connectivity index is 1.97. The molecule has 0 amide bonds. The van der Waals surface area contributed by atoms with Crippen LogP contribution >= 0.6 is 11.6 Å². The number of nitrogens with zero attached hydrogens (tertiary/aromatic N) is 5. The van der Waals surface area contributed by atoms with E-state index in [0.717, 1.165) is 5.56 Å². The van der Waals surface area contributed by atoms with Crippen molar-refractivity contribution >= 4 is 17.2 Å². The van der Waals surface area contributed by atoms with Crippen molar-refractivity contribution in [3.8, 4) is 11.6 Å². The van der Waals surface area contributed by atoms with Crippen molar-refractivity contribution in [3.05, 3.63) is 40.9 Å². The Morgan fingerprint density at radius 1 is 1.26 bits per heavy atom. The molecule has 1 aromatic carbocycles. The zero-order valence-corrected chi connectivity index (χ0v) is 10.4. The molecule has 0 radical (unpaired) electrons. The number of nitrogens with two attached hydrogens (primary N) is 1. The Morgan fingerprint density at radius 3 is 3.00 bits per heavy atom. The molecule has 96 valence electrons. The van der Waals surface area contributed by atoms with Gasteiger partial charge in [0, 0.05) is 23.2 Å². The first-order valence-corrected chi connectivity index (χ1v) is 5.86. The summed E-state index contributed by atoms with van der Waals surface area (Å²) in [4.78, 5) is 0. The highest BCUT2D eigenvalue weighted by molar-refractivity contribution is 6.30. The van der Waals surface area contributed by atoms with Crippen LogP contribution in [0.2, 0.25) is 5.02 Å². The summed E-state index contributed by atoms with van der Waals surface area (Å²) < 4.78 is 6.95. The molecule has 0 aliphatic heterocycles. The van der Waals surface area contributed by atoms with E-state index in [1.165, 1.54) is 4.63 Å². The summed E-state index contributed by atoms with van der Waals surface area (Å²) in [7, 11) is 0. The highest BCUT2D eigenvalue weighted by atomic mass is 35.5. The molecule has 3 rings (SSSR count). The van der Waals surface area contributed by atoms with Crippen molar-refractivity contribution in [2.45, 2.75) is 6.54 Å². The molecule has 0 aliphatic carbocycles. The molecule has 19 heavy (non-hydrogen) atoms. The Labute approximate surface area is 112 Å². The van der Waals surface area contributed by atoms with Crippen LogP contribution in [0.15, 0.2) is 30.3 Å². The number of aromatic nitrogens is 5. The second-order valence-electron chi connectivity index (χ2n) is 3.76. The number of fused-ring (bicyclic) bond motifs is 1. The van der Waals surface area contributed by atoms with E-state index in [1.54, 1.807) is 24.3 Å². The number of halogens is 1. The fourth-order valence-corrected chi connectivity index (χ4v) is 1.75. The van der Waals surface area contributed by atoms with Crippen molar-refractivity contribution in [3.63, 3.8) is 0 Å². The minimum atomic E-state index is 0.347. The topological polar surface area (TPSA) is 91.2 Å². The van der Waals surface area contributed by atoms with Gasteiger partial charge in [0.25, 0.3) is 0 Å². The maximum atomic E-state index is 5.94. The quantitative estimate of drug-likeness (QED) is 0.778. The van der Waals surface area contributed by atoms with Gasteiger partial charge in [-0.2, -0.15) is 0 Å². The minimum absolute atomic E-state index is 0.347. The summed E-state index contributed by atoms with van der Waals surface area (Å²) in [6.45, 7) is 0.347. The molecule has 0 unspecified atom stereocenters. The van der Waals surface area contributed by atoms with Gasteiger partial charge in [0.1, 0.15) is 5.75 Å². The van der Waals surface area contributed by atoms with E-state index in [1.807, 2.05) is 6.07 Å². The van der Waals surface area contributed by atoms with Gasteiger partial charge >= 0.3 is 0 Å². The third-order valence-corrected chi connectivity index (χ3v) is 2.74. The van der Waals surface area contributed by atoms with Crippen LogP contribution in [0.5, 0.6) is 11.6 Å². The lowest BCUT2D eigenvalue weighted by Crippen LogP contribution is -2.01. The van der Waals surface area contributed by atoms with Crippen molar-refractivity contribution < 1.29 is 4.74 Å². The van der Waals surface area contributed by atoms with Gasteiger partial charge in [0.2, 0.25) is 5.88 Å². The number of rotatable bonds is 3. The minimum Gasteiger partial charge on any atom is -0.437 e. The average Bonchev–Trinajstić information content (AvgIpc) is 2.86. The van der Waals surface area contributed by atoms with Gasteiger partial charge in [-0.15, -0.1) is 14.8 Å². The summed E-state index contributed by atoms with van der Waals surface area (Å²) in [6.07, 6.45) is 0. The van der Waals surface area contributed by atoms with Crippen LogP contribution in [0.4, 0.5) is 0 Å². The van der Waals surface area contributed by atoms with E-state index in [9.17, 15) is 0 Å². The zero-order chi connectivity index (χ0) is 13.2. The number of hydrogen-bond donors (Lipinski definition) is 1. The standard InChI is InChI=1S/C11H9ClN6O/c12-8-2-1-7(6-13)9(5-8)19-11-4-3-10-14-16-17-18(10)15-11/h1-5H,6,13H2. The molecule has 2 heterocycles. The Kier molecular flexibility index (Phi) is 2.98. The smallest absolute Gasteiger partial charge is 0.239 e. The highest BCUT2D eigenvalue weighted by Gasteiger charge is 2.07. The summed E-state index contributed by atoms with van der Waals surface area (Å²) in [5.74, 6) is 0.923. The number of ether oxygens (including phenoxy) is 1. The second kappa shape index (κ2) is 4.79. The predicted molar refractivity (Wildman–Crippen MR) is 68.0 cm³/mol. The van der Waals surface area contributed by atoms with Gasteiger partial charge < -0.3 is 10.5 Å². The number of tetrazole rings is 1. The molecule has 2 N–H and O–H groups in total. The predicted octanol–water partition coefficient (Wildman–Crippen LogP) is 1.42. The first kappa shape index (κ1) is 11.8. The van der Waals surface area contributed by atoms with Crippen LogP contribution in [0.1, 0.15) is 5.56 Å². The molecule has 0 saturated heterocycles. The lowest BCUT2D eigenvalue weighted by Gasteiger charge is -2.09. The van der Waals surface area contributed by atoms with Gasteiger partial charge in [-0.3, -0.25) is 0 Å². The van der Waals surface area contributed by atoms with Gasteiger partial charge in [0.05, 0.1) is 0 Å². The molecule has 8 heteroatoms. The van der Waals surface area contributed by atoms with Crippen LogP contribution in [-0.4, -0.2) is 25.3 Å². The molecule has 0 spiro atoms. The molecule has 0 aliphatic rings. The molecule has 0 saturated carbocycles. The van der Waals surface area contributed by atoms with E-state index >= 15 is 0 Å². The average molecular weight is 277 g/mol. The molecule has 0 bridgehead atoms. The van der Waals surface area contributed by atoms with Crippen molar-refractivity contribution in [2.24, 2.45) is 5.73 Å². The molecular weight excluding hydrogens is 268 g/mol. The van der Waals surface area contributed by atoms with Crippen molar-refractivity contribution in [2.75, 3.05) is 0 Å². The number of hydrogen-bond acceptors (Lipinski definition) is 6. The Hall–Kier alpha value is -2.25. The zero-order valence-electron chi connectivity index (χ0n) is 9.69. The van der Waals surface area contributed by atoms with E-state index in [-0.39, 0.29) is 0 Å². The lowest BCUT2D eigenvalue weighted by atomic mass is 10.2. The highest BCUT2D eigenvalue weighted by Crippen LogP contribution is 2.27. The van der Waals surface area contributed by atoms with E-state index in [4.69, 9.17) is 22.1 Å². The van der Waals surface area contributed by atoms with Crippen molar-refractivity contribution in [1.82, 2.24) is 25.3 Å². The first-order chi connectivity index (χ1) is 9.26. The summed E-state index contributed by atoms with van der Waals surface area (Å²) in [6, 6.07) is 8.64. The lowest BCUT2D eigenvalue weighted by molar-refractivity contribution is 0.442. The number of benzene rings is 1. The summed E-state index contributed by atoms with van der Waals surface area (Å²) in [5, 5.41) is 15.6. The van der Waals surface area contributed by atoms with Crippen LogP contribution in [-0.2, 0) is 6.54 Å². The van der Waals surface area contributed by atoms with Crippen LogP contribution in [0.25, 0.3) is 5.65 Å². The first-order valence-electron chi connectivity index (χ1n) is 5.48. The normalized spacial score (nSPS) is 10.8. The van der Waals surface area contributed by atoms with Crippen molar-refractivity contribution in [1.29, 1.82) is 0 Å². The largest absolute Gasteiger partial charge is 0.437 e. The third kappa shape index (κ3) is 2.33. The van der Waals surface area contributed by atoms with Gasteiger partial charge in [-0.1, -0.05) is 17.7 Å². The van der Waals surface area contributed by atoms with Gasteiger partial charge in [-0.25, -0.2) is 0 Å². The Morgan fingerprint density at radius 2 is 2.16 bits per heavy atom. The molecule has 3 aromatic rings. The van der Waals surface area contributed by atoms with E-state index < -0.39 is 0 Å². The Bertz CT molecular complexity index is 728. The molecular formula is C11H9ClN6O. The van der Waals surface area contributed by atoms with E-state index in [0.29, 0.717) is 28.8 Å². The van der Waals surface area contributed by atoms with Gasteiger partial charge in [-0.05, 0) is 28.6 Å². The van der Waals surface area contributed by atoms with Crippen LogP contribution in [0.3, 0.4) is 0 Å². The summed E-state index contributed by atoms with van der Waals surface area (Å²) in [5.41, 5.74) is 7.02. The fourth-order valence-electron chi connectivity index (χ4n) is 1.59. The third-order valence-electron chi connectivity index (χ3n) is 2.51. The maximum Gasteiger partial charge on any atom is 0.239 e. The molecule has 2 aromatic heterocycles. The van der Waals surface area contributed by atoms with Crippen LogP contribution < -0.4 is 10.5 Å². The maximum absolute atomic E-state index is 5.94. The monoisotopic (exact) mass is 276 g/mol. The fraction of sp³-hybridized carbons (Fsp3) is 0.0909. The van der Waals surface area contributed by atoms with Gasteiger partial charge in [0.15, 0.2) is 5.65 Å². The summed E-state index contributed by atoms with van der Waals surface area (Å²) >= 11 is 5.94. The van der Waals surface area contributed by atoms with E-state index in [2.05, 4.69) is 20.6 Å². The van der Waals surface area contributed by atoms with Crippen LogP contribution in [0, 0.1) is 0 Å². The molecule has 0 atom stereocenters. The molecule has 7 nitrogen and oxygen atoms in total. The molecule has 0 fully saturated rings. The second-order valence-corrected chi connectivity index (χ2v) is 4.19.